The molecule has 5 rings (SSSR count). The number of carbonyl (C=O) groups is 1. The van der Waals surface area contributed by atoms with Crippen LogP contribution < -0.4 is 16.4 Å². The highest BCUT2D eigenvalue weighted by Gasteiger charge is 2.35. The number of fused-ring (bicyclic) bond motifs is 1. The summed E-state index contributed by atoms with van der Waals surface area (Å²) in [4.78, 5) is 25.3. The third-order valence-electron chi connectivity index (χ3n) is 7.15. The summed E-state index contributed by atoms with van der Waals surface area (Å²) in [5, 5.41) is 6.40. The predicted molar refractivity (Wildman–Crippen MR) is 131 cm³/mol. The van der Waals surface area contributed by atoms with E-state index in [1.807, 2.05) is 4.57 Å². The molecule has 1 amide bonds. The van der Waals surface area contributed by atoms with Gasteiger partial charge in [-0.25, -0.2) is 23.1 Å². The van der Waals surface area contributed by atoms with E-state index in [0.717, 1.165) is 0 Å². The lowest BCUT2D eigenvalue weighted by atomic mass is 9.85. The van der Waals surface area contributed by atoms with Crippen molar-refractivity contribution in [3.05, 3.63) is 35.2 Å². The first kappa shape index (κ1) is 24.6. The number of para-hydroxylation sites is 1. The molecule has 1 aromatic carbocycles. The first-order chi connectivity index (χ1) is 17.2. The molecule has 2 fully saturated rings. The predicted octanol–water partition coefficient (Wildman–Crippen LogP) is 5.57. The van der Waals surface area contributed by atoms with Gasteiger partial charge in [0.05, 0.1) is 16.9 Å². The molecule has 0 saturated heterocycles. The Morgan fingerprint density at radius 1 is 1.11 bits per heavy atom. The number of carbonyl (C=O) groups excluding carboxylic acids is 1. The van der Waals surface area contributed by atoms with E-state index in [2.05, 4.69) is 25.6 Å². The highest BCUT2D eigenvalue weighted by atomic mass is 35.5. The van der Waals surface area contributed by atoms with Crippen LogP contribution in [0.5, 0.6) is 0 Å². The number of amides is 1. The van der Waals surface area contributed by atoms with Crippen molar-refractivity contribution in [1.82, 2.24) is 19.5 Å². The van der Waals surface area contributed by atoms with Crippen LogP contribution in [-0.4, -0.2) is 37.4 Å². The van der Waals surface area contributed by atoms with Crippen molar-refractivity contribution in [3.63, 3.8) is 0 Å². The molecular weight excluding hydrogens is 495 g/mol. The lowest BCUT2D eigenvalue weighted by molar-refractivity contribution is -0.122. The van der Waals surface area contributed by atoms with E-state index in [1.165, 1.54) is 12.1 Å². The molecule has 0 bridgehead atoms. The zero-order chi connectivity index (χ0) is 25.4. The minimum atomic E-state index is -2.63. The molecule has 2 aliphatic carbocycles. The second-order valence-corrected chi connectivity index (χ2v) is 10.0. The van der Waals surface area contributed by atoms with E-state index in [0.29, 0.717) is 61.6 Å². The number of halogens is 4. The summed E-state index contributed by atoms with van der Waals surface area (Å²) in [6.45, 7) is 0. The number of aromatic nitrogens is 4. The third-order valence-corrected chi connectivity index (χ3v) is 7.46. The maximum absolute atomic E-state index is 14.6. The highest BCUT2D eigenvalue weighted by molar-refractivity contribution is 6.33. The second-order valence-electron chi connectivity index (χ2n) is 9.61. The Bertz CT molecular complexity index is 1250. The largest absolute Gasteiger partial charge is 0.369 e. The molecule has 3 aromatic rings. The number of rotatable bonds is 6. The molecule has 36 heavy (non-hydrogen) atoms. The van der Waals surface area contributed by atoms with Crippen LogP contribution in [0.4, 0.5) is 30.8 Å². The van der Waals surface area contributed by atoms with Gasteiger partial charge in [-0.05, 0) is 50.7 Å². The second kappa shape index (κ2) is 9.76. The first-order valence-electron chi connectivity index (χ1n) is 12.1. The molecule has 2 aliphatic rings. The van der Waals surface area contributed by atoms with Gasteiger partial charge >= 0.3 is 0 Å². The summed E-state index contributed by atoms with van der Waals surface area (Å²) in [6, 6.07) is 4.16. The summed E-state index contributed by atoms with van der Waals surface area (Å²) >= 11 is 6.24. The molecule has 4 N–H and O–H groups in total. The van der Waals surface area contributed by atoms with Gasteiger partial charge in [0, 0.05) is 30.8 Å². The van der Waals surface area contributed by atoms with Crippen molar-refractivity contribution in [3.8, 4) is 0 Å². The summed E-state index contributed by atoms with van der Waals surface area (Å²) in [6.07, 6.45) is 4.40. The summed E-state index contributed by atoms with van der Waals surface area (Å²) in [5.74, 6) is -2.98. The van der Waals surface area contributed by atoms with Crippen LogP contribution in [0.25, 0.3) is 11.2 Å². The van der Waals surface area contributed by atoms with Gasteiger partial charge in [0.25, 0.3) is 0 Å². The van der Waals surface area contributed by atoms with E-state index in [1.54, 1.807) is 12.3 Å². The molecule has 0 aliphatic heterocycles. The maximum atomic E-state index is 14.6. The van der Waals surface area contributed by atoms with Gasteiger partial charge in [-0.15, -0.1) is 0 Å². The summed E-state index contributed by atoms with van der Waals surface area (Å²) in [7, 11) is 0. The fourth-order valence-electron chi connectivity index (χ4n) is 5.11. The fourth-order valence-corrected chi connectivity index (χ4v) is 5.32. The molecule has 0 unspecified atom stereocenters. The molecule has 2 aromatic heterocycles. The Labute approximate surface area is 210 Å². The van der Waals surface area contributed by atoms with Crippen LogP contribution in [0.2, 0.25) is 5.02 Å². The van der Waals surface area contributed by atoms with E-state index >= 15 is 0 Å². The first-order valence-corrected chi connectivity index (χ1v) is 12.5. The van der Waals surface area contributed by atoms with Crippen molar-refractivity contribution in [2.75, 3.05) is 10.6 Å². The zero-order valence-corrected chi connectivity index (χ0v) is 20.2. The van der Waals surface area contributed by atoms with Crippen LogP contribution in [0.3, 0.4) is 0 Å². The number of anilines is 3. The minimum absolute atomic E-state index is 0.0743. The Hall–Kier alpha value is -3.08. The lowest BCUT2D eigenvalue weighted by Crippen LogP contribution is -2.32. The number of nitrogens with one attached hydrogen (secondary N) is 2. The highest BCUT2D eigenvalue weighted by Crippen LogP contribution is 2.38. The Kier molecular flexibility index (Phi) is 6.67. The van der Waals surface area contributed by atoms with Crippen LogP contribution in [-0.2, 0) is 4.79 Å². The molecule has 8 nitrogen and oxygen atoms in total. The average molecular weight is 522 g/mol. The Morgan fingerprint density at radius 2 is 1.83 bits per heavy atom. The molecule has 0 radical (unpaired) electrons. The topological polar surface area (TPSA) is 111 Å². The summed E-state index contributed by atoms with van der Waals surface area (Å²) < 4.78 is 43.6. The van der Waals surface area contributed by atoms with Gasteiger partial charge < -0.3 is 16.4 Å². The van der Waals surface area contributed by atoms with E-state index in [-0.39, 0.29) is 47.5 Å². The van der Waals surface area contributed by atoms with Crippen molar-refractivity contribution in [2.45, 2.75) is 69.4 Å². The molecule has 0 atom stereocenters. The Morgan fingerprint density at radius 3 is 2.50 bits per heavy atom. The van der Waals surface area contributed by atoms with Crippen molar-refractivity contribution < 1.29 is 18.0 Å². The molecule has 12 heteroatoms. The number of alkyl halides is 2. The standard InChI is InChI=1S/C24H27ClF3N7O/c25-16-2-1-3-17(26)19(16)33-23-32-18-12-30-22(31-14-8-10-24(27,28)11-9-14)34-21(18)35(23)15-6-4-13(5-7-15)20(29)36/h1-3,12-15H,4-11H2,(H2,29,36)(H,32,33)(H,30,31,34)/t13-,15+. The fraction of sp³-hybridized carbons (Fsp3) is 0.500. The SMILES string of the molecule is NC(=O)[C@H]1CC[C@@H](n2c(Nc3c(F)cccc3Cl)nc3cnc(NC4CCC(F)(F)CC4)nc32)CC1. The van der Waals surface area contributed by atoms with Crippen LogP contribution in [0.1, 0.15) is 57.4 Å². The van der Waals surface area contributed by atoms with Crippen molar-refractivity contribution >= 4 is 46.3 Å². The maximum Gasteiger partial charge on any atom is 0.248 e. The number of hydrogen-bond acceptors (Lipinski definition) is 6. The van der Waals surface area contributed by atoms with E-state index < -0.39 is 11.7 Å². The van der Waals surface area contributed by atoms with Crippen LogP contribution in [0, 0.1) is 11.7 Å². The number of imidazole rings is 1. The molecular formula is C24H27ClF3N7O. The van der Waals surface area contributed by atoms with Crippen molar-refractivity contribution in [2.24, 2.45) is 11.7 Å². The monoisotopic (exact) mass is 521 g/mol. The van der Waals surface area contributed by atoms with Gasteiger partial charge in [0.2, 0.25) is 23.7 Å². The van der Waals surface area contributed by atoms with Gasteiger partial charge in [0.15, 0.2) is 5.65 Å². The number of nitrogens with two attached hydrogens (primary N) is 1. The molecule has 2 saturated carbocycles. The quantitative estimate of drug-likeness (QED) is 0.391. The van der Waals surface area contributed by atoms with Crippen molar-refractivity contribution in [1.29, 1.82) is 0 Å². The summed E-state index contributed by atoms with van der Waals surface area (Å²) in [5.41, 5.74) is 6.61. The number of benzene rings is 1. The van der Waals surface area contributed by atoms with Crippen LogP contribution in [0.15, 0.2) is 24.4 Å². The van der Waals surface area contributed by atoms with Crippen LogP contribution >= 0.6 is 11.6 Å². The third kappa shape index (κ3) is 5.07. The van der Waals surface area contributed by atoms with Gasteiger partial charge in [-0.1, -0.05) is 17.7 Å². The average Bonchev–Trinajstić information content (AvgIpc) is 3.20. The smallest absolute Gasteiger partial charge is 0.248 e. The molecule has 2 heterocycles. The minimum Gasteiger partial charge on any atom is -0.369 e. The molecule has 0 spiro atoms. The van der Waals surface area contributed by atoms with Gasteiger partial charge in [-0.3, -0.25) is 9.36 Å². The van der Waals surface area contributed by atoms with E-state index in [4.69, 9.17) is 17.3 Å². The molecule has 192 valence electrons. The van der Waals surface area contributed by atoms with Gasteiger partial charge in [-0.2, -0.15) is 4.98 Å². The number of primary amides is 1. The number of hydrogen-bond donors (Lipinski definition) is 3. The number of nitrogens with zero attached hydrogens (tertiary/aromatic N) is 4. The lowest BCUT2D eigenvalue weighted by Gasteiger charge is -2.29. The zero-order valence-electron chi connectivity index (χ0n) is 19.5. The normalized spacial score (nSPS) is 22.4. The van der Waals surface area contributed by atoms with E-state index in [9.17, 15) is 18.0 Å². The van der Waals surface area contributed by atoms with Gasteiger partial charge in [0.1, 0.15) is 11.3 Å². The Balaban J connectivity index is 1.48.